The van der Waals surface area contributed by atoms with Gasteiger partial charge in [-0.1, -0.05) is 208 Å². The van der Waals surface area contributed by atoms with Crippen molar-refractivity contribution in [1.82, 2.24) is 0 Å². The van der Waals surface area contributed by atoms with E-state index >= 15 is 0 Å². The van der Waals surface area contributed by atoms with Crippen molar-refractivity contribution < 1.29 is 8.83 Å². The Kier molecular flexibility index (Phi) is 9.10. The molecule has 3 aliphatic carbocycles. The van der Waals surface area contributed by atoms with Gasteiger partial charge in [-0.25, -0.2) is 0 Å². The standard InChI is InChI=1S/C73H59NO2/c1-70(2,3)53-30-18-13-26-46(53)52-41-57-61(63-50-28-16-21-33-59(50)75-68(52)63)48-37-35-43(39-55(48)71(57,4)5)74(58-32-20-15-25-45(58)42-23-11-10-12-24-42)44-36-38-49-56(40-44)73(8,9)66-62(49)64-51-29-17-22-34-60(51)76-69(64)65-47-27-14-19-31-54(47)72(6,7)67(65)66/h10-41H,1-9H3. The number of anilines is 3. The zero-order valence-corrected chi connectivity index (χ0v) is 44.7. The van der Waals surface area contributed by atoms with E-state index in [4.69, 9.17) is 8.83 Å². The Morgan fingerprint density at radius 3 is 1.55 bits per heavy atom. The van der Waals surface area contributed by atoms with Crippen molar-refractivity contribution >= 4 is 60.9 Å². The average molecular weight is 982 g/mol. The summed E-state index contributed by atoms with van der Waals surface area (Å²) in [5, 5.41) is 4.72. The highest BCUT2D eigenvalue weighted by atomic mass is 16.3. The predicted molar refractivity (Wildman–Crippen MR) is 318 cm³/mol. The third-order valence-corrected chi connectivity index (χ3v) is 17.9. The molecule has 12 aromatic rings. The van der Waals surface area contributed by atoms with Crippen LogP contribution in [0.5, 0.6) is 0 Å². The van der Waals surface area contributed by atoms with Gasteiger partial charge in [0.05, 0.1) is 5.69 Å². The first-order chi connectivity index (χ1) is 36.6. The Morgan fingerprint density at radius 2 is 0.868 bits per heavy atom. The quantitative estimate of drug-likeness (QED) is 0.172. The Bertz CT molecular complexity index is 4470. The molecule has 0 bridgehead atoms. The van der Waals surface area contributed by atoms with Gasteiger partial charge in [-0.15, -0.1) is 0 Å². The van der Waals surface area contributed by atoms with Crippen LogP contribution in [-0.4, -0.2) is 0 Å². The molecule has 0 spiro atoms. The number of para-hydroxylation sites is 3. The van der Waals surface area contributed by atoms with Gasteiger partial charge in [0, 0.05) is 65.9 Å². The summed E-state index contributed by atoms with van der Waals surface area (Å²) in [6.07, 6.45) is 0. The maximum atomic E-state index is 7.04. The number of hydrogen-bond acceptors (Lipinski definition) is 3. The lowest BCUT2D eigenvalue weighted by atomic mass is 9.72. The molecule has 0 aliphatic heterocycles. The second-order valence-corrected chi connectivity index (χ2v) is 24.3. The zero-order chi connectivity index (χ0) is 51.8. The third-order valence-electron chi connectivity index (χ3n) is 17.9. The minimum atomic E-state index is -0.356. The van der Waals surface area contributed by atoms with E-state index < -0.39 is 0 Å². The van der Waals surface area contributed by atoms with E-state index in [1.54, 1.807) is 0 Å². The molecule has 0 atom stereocenters. The van der Waals surface area contributed by atoms with E-state index in [0.29, 0.717) is 0 Å². The lowest BCUT2D eigenvalue weighted by molar-refractivity contribution is 0.591. The summed E-state index contributed by atoms with van der Waals surface area (Å²) in [7, 11) is 0. The third kappa shape index (κ3) is 5.94. The van der Waals surface area contributed by atoms with E-state index in [2.05, 4.69) is 261 Å². The van der Waals surface area contributed by atoms with E-state index in [1.807, 2.05) is 0 Å². The monoisotopic (exact) mass is 981 g/mol. The topological polar surface area (TPSA) is 29.5 Å². The molecule has 0 radical (unpaired) electrons. The lowest BCUT2D eigenvalue weighted by Crippen LogP contribution is -2.24. The van der Waals surface area contributed by atoms with Crippen LogP contribution < -0.4 is 4.90 Å². The van der Waals surface area contributed by atoms with Crippen LogP contribution in [0.1, 0.15) is 101 Å². The van der Waals surface area contributed by atoms with Crippen molar-refractivity contribution in [1.29, 1.82) is 0 Å². The van der Waals surface area contributed by atoms with Gasteiger partial charge in [-0.05, 0) is 132 Å². The second kappa shape index (κ2) is 15.4. The molecule has 3 aliphatic rings. The fourth-order valence-corrected chi connectivity index (χ4v) is 14.4. The molecular formula is C73H59NO2. The zero-order valence-electron chi connectivity index (χ0n) is 44.7. The fourth-order valence-electron chi connectivity index (χ4n) is 14.4. The van der Waals surface area contributed by atoms with Gasteiger partial charge in [-0.3, -0.25) is 0 Å². The van der Waals surface area contributed by atoms with Crippen molar-refractivity contribution in [2.75, 3.05) is 4.90 Å². The number of nitrogens with zero attached hydrogens (tertiary/aromatic N) is 1. The second-order valence-electron chi connectivity index (χ2n) is 24.3. The van der Waals surface area contributed by atoms with E-state index in [0.717, 1.165) is 55.7 Å². The molecule has 10 aromatic carbocycles. The molecule has 0 amide bonds. The largest absolute Gasteiger partial charge is 0.455 e. The Hall–Kier alpha value is -8.40. The Labute approximate surface area is 445 Å². The predicted octanol–water partition coefficient (Wildman–Crippen LogP) is 20.5. The Morgan fingerprint density at radius 1 is 0.368 bits per heavy atom. The number of rotatable bonds is 5. The van der Waals surface area contributed by atoms with Crippen molar-refractivity contribution in [2.24, 2.45) is 0 Å². The van der Waals surface area contributed by atoms with E-state index in [9.17, 15) is 0 Å². The maximum Gasteiger partial charge on any atom is 0.144 e. The molecule has 2 aromatic heterocycles. The van der Waals surface area contributed by atoms with Crippen LogP contribution in [-0.2, 0) is 21.7 Å². The Balaban J connectivity index is 0.972. The highest BCUT2D eigenvalue weighted by molar-refractivity contribution is 6.22. The van der Waals surface area contributed by atoms with Crippen LogP contribution in [0.4, 0.5) is 17.1 Å². The lowest BCUT2D eigenvalue weighted by Gasteiger charge is -2.32. The molecule has 2 heterocycles. The fraction of sp³-hybridized carbons (Fsp3) is 0.178. The SMILES string of the molecule is CC(C)(C)c1ccccc1-c1cc2c(c3c1oc1ccccc13)-c1ccc(N(c3ccc4c(c3)C(C)(C)c3c5c(c6oc7ccccc7c6c3-4)-c3ccccc3C5(C)C)c3ccccc3-c3ccccc3)cc1C2(C)C. The van der Waals surface area contributed by atoms with Crippen LogP contribution in [0, 0.1) is 0 Å². The summed E-state index contributed by atoms with van der Waals surface area (Å²) in [4.78, 5) is 2.53. The van der Waals surface area contributed by atoms with Crippen LogP contribution in [0.15, 0.2) is 203 Å². The maximum absolute atomic E-state index is 7.04. The van der Waals surface area contributed by atoms with Gasteiger partial charge in [0.15, 0.2) is 0 Å². The number of hydrogen-bond donors (Lipinski definition) is 0. The first-order valence-corrected chi connectivity index (χ1v) is 27.1. The first kappa shape index (κ1) is 45.0. The van der Waals surface area contributed by atoms with Crippen LogP contribution in [0.3, 0.4) is 0 Å². The summed E-state index contributed by atoms with van der Waals surface area (Å²) in [6, 6.07) is 72.0. The van der Waals surface area contributed by atoms with Crippen molar-refractivity contribution in [3.05, 3.63) is 233 Å². The molecule has 368 valence electrons. The van der Waals surface area contributed by atoms with Gasteiger partial charge in [-0.2, -0.15) is 0 Å². The van der Waals surface area contributed by atoms with Crippen LogP contribution >= 0.6 is 0 Å². The number of benzene rings is 10. The highest BCUT2D eigenvalue weighted by Gasteiger charge is 2.49. The molecular weight excluding hydrogens is 923 g/mol. The highest BCUT2D eigenvalue weighted by Crippen LogP contribution is 2.64. The minimum Gasteiger partial charge on any atom is -0.455 e. The summed E-state index contributed by atoms with van der Waals surface area (Å²) in [5.74, 6) is 0. The first-order valence-electron chi connectivity index (χ1n) is 27.1. The number of fused-ring (bicyclic) bond motifs is 19. The minimum absolute atomic E-state index is 0.0707. The smallest absolute Gasteiger partial charge is 0.144 e. The van der Waals surface area contributed by atoms with E-state index in [-0.39, 0.29) is 21.7 Å². The summed E-state index contributed by atoms with van der Waals surface area (Å²) in [5.41, 5.74) is 27.9. The molecule has 15 rings (SSSR count). The summed E-state index contributed by atoms with van der Waals surface area (Å²) >= 11 is 0. The van der Waals surface area contributed by atoms with Crippen molar-refractivity contribution in [2.45, 2.75) is 84.0 Å². The molecule has 0 unspecified atom stereocenters. The molecule has 0 N–H and O–H groups in total. The summed E-state index contributed by atoms with van der Waals surface area (Å²) < 4.78 is 14.0. The van der Waals surface area contributed by atoms with Gasteiger partial charge < -0.3 is 13.7 Å². The molecule has 0 saturated heterocycles. The van der Waals surface area contributed by atoms with Gasteiger partial charge >= 0.3 is 0 Å². The van der Waals surface area contributed by atoms with Gasteiger partial charge in [0.25, 0.3) is 0 Å². The molecule has 76 heavy (non-hydrogen) atoms. The number of furan rings is 2. The van der Waals surface area contributed by atoms with Gasteiger partial charge in [0.2, 0.25) is 0 Å². The van der Waals surface area contributed by atoms with Crippen molar-refractivity contribution in [3.8, 4) is 55.6 Å². The van der Waals surface area contributed by atoms with Gasteiger partial charge in [0.1, 0.15) is 22.3 Å². The van der Waals surface area contributed by atoms with Crippen LogP contribution in [0.2, 0.25) is 0 Å². The normalized spacial score (nSPS) is 15.2. The summed E-state index contributed by atoms with van der Waals surface area (Å²) in [6.45, 7) is 21.5. The molecule has 3 heteroatoms. The molecule has 3 nitrogen and oxygen atoms in total. The average Bonchev–Trinajstić information content (AvgIpc) is 4.18. The van der Waals surface area contributed by atoms with Crippen molar-refractivity contribution in [3.63, 3.8) is 0 Å². The molecule has 0 fully saturated rings. The van der Waals surface area contributed by atoms with E-state index in [1.165, 1.54) is 99.8 Å². The molecule has 0 saturated carbocycles. The van der Waals surface area contributed by atoms with Crippen LogP contribution in [0.25, 0.3) is 99.5 Å².